The molecule has 0 radical (unpaired) electrons. The standard InChI is InChI=1S/C16H26Cl2OSi/c1-12(2)20(13(3)4,14(5)6)19-16(17,18)15-10-8-7-9-11-15/h7-14H,1-6H3. The van der Waals surface area contributed by atoms with E-state index in [0.29, 0.717) is 16.6 Å². The van der Waals surface area contributed by atoms with Gasteiger partial charge in [0, 0.05) is 5.56 Å². The van der Waals surface area contributed by atoms with Crippen molar-refractivity contribution in [2.45, 2.75) is 62.7 Å². The summed E-state index contributed by atoms with van der Waals surface area (Å²) in [5.41, 5.74) is 2.15. The van der Waals surface area contributed by atoms with Crippen molar-refractivity contribution in [1.82, 2.24) is 0 Å². The van der Waals surface area contributed by atoms with Gasteiger partial charge in [0.25, 0.3) is 0 Å². The quantitative estimate of drug-likeness (QED) is 0.428. The Morgan fingerprint density at radius 3 is 1.60 bits per heavy atom. The molecule has 114 valence electrons. The van der Waals surface area contributed by atoms with Gasteiger partial charge in [0.1, 0.15) is 0 Å². The molecule has 0 bridgehead atoms. The molecule has 0 aliphatic rings. The van der Waals surface area contributed by atoms with Crippen LogP contribution in [0.25, 0.3) is 0 Å². The highest BCUT2D eigenvalue weighted by Gasteiger charge is 2.50. The Kier molecular flexibility index (Phi) is 6.15. The van der Waals surface area contributed by atoms with E-state index in [0.717, 1.165) is 5.56 Å². The maximum atomic E-state index is 6.56. The largest absolute Gasteiger partial charge is 0.383 e. The Hall–Kier alpha value is -0.0231. The minimum absolute atomic E-state index is 0.447. The predicted octanol–water partition coefficient (Wildman–Crippen LogP) is 6.47. The number of hydrogen-bond donors (Lipinski definition) is 0. The van der Waals surface area contributed by atoms with E-state index in [9.17, 15) is 0 Å². The van der Waals surface area contributed by atoms with E-state index in [1.807, 2.05) is 30.3 Å². The molecule has 0 N–H and O–H groups in total. The first kappa shape index (κ1) is 18.0. The van der Waals surface area contributed by atoms with E-state index in [1.165, 1.54) is 0 Å². The molecule has 4 heteroatoms. The van der Waals surface area contributed by atoms with Gasteiger partial charge in [0.05, 0.1) is 0 Å². The average Bonchev–Trinajstić information content (AvgIpc) is 2.35. The van der Waals surface area contributed by atoms with Gasteiger partial charge in [-0.2, -0.15) is 0 Å². The molecule has 0 spiro atoms. The van der Waals surface area contributed by atoms with Crippen molar-refractivity contribution < 1.29 is 4.43 Å². The zero-order valence-corrected chi connectivity index (χ0v) is 15.8. The lowest BCUT2D eigenvalue weighted by Gasteiger charge is -2.45. The Balaban J connectivity index is 3.19. The first-order chi connectivity index (χ1) is 9.14. The Labute approximate surface area is 134 Å². The molecular formula is C16H26Cl2OSi. The summed E-state index contributed by atoms with van der Waals surface area (Å²) in [5, 5.41) is 0. The van der Waals surface area contributed by atoms with Gasteiger partial charge in [-0.15, -0.1) is 0 Å². The van der Waals surface area contributed by atoms with E-state index >= 15 is 0 Å². The highest BCUT2D eigenvalue weighted by Crippen LogP contribution is 2.49. The van der Waals surface area contributed by atoms with Crippen LogP contribution >= 0.6 is 23.2 Å². The van der Waals surface area contributed by atoms with Crippen LogP contribution in [0.1, 0.15) is 47.1 Å². The molecule has 0 saturated heterocycles. The fraction of sp³-hybridized carbons (Fsp3) is 0.625. The molecular weight excluding hydrogens is 307 g/mol. The summed E-state index contributed by atoms with van der Waals surface area (Å²) in [4.78, 5) is 0. The normalized spacial score (nSPS) is 13.6. The van der Waals surface area contributed by atoms with Gasteiger partial charge >= 0.3 is 0 Å². The third-order valence-electron chi connectivity index (χ3n) is 4.12. The number of halogens is 2. The highest BCUT2D eigenvalue weighted by molar-refractivity contribution is 6.78. The van der Waals surface area contributed by atoms with Crippen LogP contribution in [0, 0.1) is 0 Å². The zero-order valence-electron chi connectivity index (χ0n) is 13.3. The lowest BCUT2D eigenvalue weighted by Crippen LogP contribution is -2.50. The molecule has 0 unspecified atom stereocenters. The zero-order chi connectivity index (χ0) is 15.6. The van der Waals surface area contributed by atoms with Crippen LogP contribution in [0.2, 0.25) is 16.6 Å². The van der Waals surface area contributed by atoms with Gasteiger partial charge in [0.2, 0.25) is 12.8 Å². The molecule has 20 heavy (non-hydrogen) atoms. The van der Waals surface area contributed by atoms with Crippen LogP contribution in [0.5, 0.6) is 0 Å². The van der Waals surface area contributed by atoms with Crippen molar-refractivity contribution in [3.05, 3.63) is 35.9 Å². The number of alkyl halides is 2. The molecule has 0 amide bonds. The molecule has 0 aromatic heterocycles. The van der Waals surface area contributed by atoms with Gasteiger partial charge in [0.15, 0.2) is 0 Å². The summed E-state index contributed by atoms with van der Waals surface area (Å²) in [6.07, 6.45) is 0. The first-order valence-corrected chi connectivity index (χ1v) is 10.2. The van der Waals surface area contributed by atoms with Crippen LogP contribution in [0.3, 0.4) is 0 Å². The Morgan fingerprint density at radius 1 is 0.850 bits per heavy atom. The van der Waals surface area contributed by atoms with Crippen molar-refractivity contribution >= 4 is 31.5 Å². The van der Waals surface area contributed by atoms with E-state index in [4.69, 9.17) is 27.6 Å². The summed E-state index contributed by atoms with van der Waals surface area (Å²) in [7, 11) is -2.11. The SMILES string of the molecule is CC(C)[Si](OC(Cl)(Cl)c1ccccc1)(C(C)C)C(C)C. The summed E-state index contributed by atoms with van der Waals surface area (Å²) in [5.74, 6) is 0. The van der Waals surface area contributed by atoms with E-state index in [1.54, 1.807) is 0 Å². The smallest absolute Gasteiger partial charge is 0.235 e. The van der Waals surface area contributed by atoms with Gasteiger partial charge in [-0.1, -0.05) is 95.1 Å². The van der Waals surface area contributed by atoms with Crippen molar-refractivity contribution in [2.75, 3.05) is 0 Å². The lowest BCUT2D eigenvalue weighted by atomic mass is 10.2. The molecule has 0 aliphatic heterocycles. The van der Waals surface area contributed by atoms with Crippen molar-refractivity contribution in [3.63, 3.8) is 0 Å². The minimum Gasteiger partial charge on any atom is -0.383 e. The second kappa shape index (κ2) is 6.82. The van der Waals surface area contributed by atoms with Crippen molar-refractivity contribution in [1.29, 1.82) is 0 Å². The van der Waals surface area contributed by atoms with Crippen LogP contribution < -0.4 is 0 Å². The first-order valence-electron chi connectivity index (χ1n) is 7.28. The summed E-state index contributed by atoms with van der Waals surface area (Å²) < 4.78 is 5.19. The third-order valence-corrected chi connectivity index (χ3v) is 11.0. The fourth-order valence-corrected chi connectivity index (χ4v) is 9.59. The minimum atomic E-state index is -2.11. The molecule has 1 aromatic carbocycles. The monoisotopic (exact) mass is 332 g/mol. The third kappa shape index (κ3) is 3.59. The molecule has 0 atom stereocenters. The van der Waals surface area contributed by atoms with Gasteiger partial charge in [-0.05, 0) is 16.6 Å². The van der Waals surface area contributed by atoms with Crippen LogP contribution in [-0.4, -0.2) is 8.32 Å². The Morgan fingerprint density at radius 2 is 1.25 bits per heavy atom. The lowest BCUT2D eigenvalue weighted by molar-refractivity contribution is 0.211. The highest BCUT2D eigenvalue weighted by atomic mass is 35.5. The average molecular weight is 333 g/mol. The molecule has 0 fully saturated rings. The maximum absolute atomic E-state index is 6.56. The maximum Gasteiger partial charge on any atom is 0.235 e. The van der Waals surface area contributed by atoms with Crippen LogP contribution in [0.15, 0.2) is 30.3 Å². The number of hydrogen-bond acceptors (Lipinski definition) is 1. The summed E-state index contributed by atoms with van der Waals surface area (Å²) in [6, 6.07) is 9.65. The van der Waals surface area contributed by atoms with E-state index in [2.05, 4.69) is 41.5 Å². The molecule has 1 rings (SSSR count). The second-order valence-corrected chi connectivity index (χ2v) is 12.9. The predicted molar refractivity (Wildman–Crippen MR) is 92.0 cm³/mol. The summed E-state index contributed by atoms with van der Waals surface area (Å²) >= 11 is 13.1. The van der Waals surface area contributed by atoms with Crippen molar-refractivity contribution in [3.8, 4) is 0 Å². The molecule has 0 heterocycles. The Bertz CT molecular complexity index is 394. The molecule has 0 aliphatic carbocycles. The second-order valence-electron chi connectivity index (χ2n) is 6.30. The number of benzene rings is 1. The van der Waals surface area contributed by atoms with Gasteiger partial charge in [-0.3, -0.25) is 0 Å². The van der Waals surface area contributed by atoms with Gasteiger partial charge in [-0.25, -0.2) is 0 Å². The van der Waals surface area contributed by atoms with Crippen LogP contribution in [-0.2, 0) is 8.95 Å². The topological polar surface area (TPSA) is 9.23 Å². The van der Waals surface area contributed by atoms with Crippen molar-refractivity contribution in [2.24, 2.45) is 0 Å². The molecule has 1 nitrogen and oxygen atoms in total. The van der Waals surface area contributed by atoms with Gasteiger partial charge < -0.3 is 4.43 Å². The number of rotatable bonds is 6. The van der Waals surface area contributed by atoms with E-state index < -0.39 is 12.8 Å². The van der Waals surface area contributed by atoms with Crippen LogP contribution in [0.4, 0.5) is 0 Å². The van der Waals surface area contributed by atoms with E-state index in [-0.39, 0.29) is 0 Å². The molecule has 0 saturated carbocycles. The summed E-state index contributed by atoms with van der Waals surface area (Å²) in [6.45, 7) is 13.3. The molecule has 1 aromatic rings. The fourth-order valence-electron chi connectivity index (χ4n) is 3.27.